The monoisotopic (exact) mass is 314 g/mol. The third kappa shape index (κ3) is 4.77. The van der Waals surface area contributed by atoms with Gasteiger partial charge in [-0.25, -0.2) is 0 Å². The van der Waals surface area contributed by atoms with Gasteiger partial charge in [-0.2, -0.15) is 0 Å². The summed E-state index contributed by atoms with van der Waals surface area (Å²) in [5.74, 6) is 1.68. The van der Waals surface area contributed by atoms with Crippen molar-refractivity contribution in [3.63, 3.8) is 0 Å². The minimum absolute atomic E-state index is 0. The van der Waals surface area contributed by atoms with Gasteiger partial charge in [0, 0.05) is 24.7 Å². The number of methoxy groups -OCH3 is 2. The normalized spacial score (nSPS) is 20.5. The lowest BCUT2D eigenvalue weighted by Gasteiger charge is -2.38. The van der Waals surface area contributed by atoms with E-state index in [1.807, 2.05) is 6.07 Å². The Labute approximate surface area is 134 Å². The lowest BCUT2D eigenvalue weighted by atomic mass is 9.96. The van der Waals surface area contributed by atoms with Gasteiger partial charge < -0.3 is 15.2 Å². The fourth-order valence-corrected chi connectivity index (χ4v) is 3.00. The van der Waals surface area contributed by atoms with Crippen LogP contribution in [0.3, 0.4) is 0 Å². The van der Waals surface area contributed by atoms with Crippen LogP contribution in [0.2, 0.25) is 0 Å². The molecule has 5 heteroatoms. The highest BCUT2D eigenvalue weighted by molar-refractivity contribution is 5.85. The zero-order valence-electron chi connectivity index (χ0n) is 13.2. The van der Waals surface area contributed by atoms with Crippen molar-refractivity contribution in [2.45, 2.75) is 44.8 Å². The lowest BCUT2D eigenvalue weighted by Crippen LogP contribution is -2.48. The highest BCUT2D eigenvalue weighted by Gasteiger charge is 2.25. The first-order valence-electron chi connectivity index (χ1n) is 7.35. The Morgan fingerprint density at radius 2 is 1.81 bits per heavy atom. The van der Waals surface area contributed by atoms with Crippen LogP contribution in [0.5, 0.6) is 11.5 Å². The first-order chi connectivity index (χ1) is 9.63. The zero-order valence-corrected chi connectivity index (χ0v) is 14.0. The van der Waals surface area contributed by atoms with Gasteiger partial charge in [0.1, 0.15) is 11.5 Å². The van der Waals surface area contributed by atoms with Crippen molar-refractivity contribution in [2.24, 2.45) is 5.73 Å². The summed E-state index contributed by atoms with van der Waals surface area (Å²) in [5.41, 5.74) is 7.35. The summed E-state index contributed by atoms with van der Waals surface area (Å²) in [4.78, 5) is 2.49. The van der Waals surface area contributed by atoms with Crippen LogP contribution >= 0.6 is 12.4 Å². The largest absolute Gasteiger partial charge is 0.497 e. The van der Waals surface area contributed by atoms with Gasteiger partial charge in [0.15, 0.2) is 0 Å². The Bertz CT molecular complexity index is 418. The second-order valence-corrected chi connectivity index (χ2v) is 5.61. The SMILES string of the molecule is COc1cc(CN2CCCCC2C(C)N)cc(OC)c1.Cl. The Kier molecular flexibility index (Phi) is 7.29. The molecule has 0 bridgehead atoms. The molecule has 2 rings (SSSR count). The van der Waals surface area contributed by atoms with E-state index in [9.17, 15) is 0 Å². The molecular weight excluding hydrogens is 288 g/mol. The molecule has 0 spiro atoms. The number of hydrogen-bond acceptors (Lipinski definition) is 4. The number of nitrogens with zero attached hydrogens (tertiary/aromatic N) is 1. The highest BCUT2D eigenvalue weighted by Crippen LogP contribution is 2.26. The first kappa shape index (κ1) is 18.1. The Balaban J connectivity index is 0.00000220. The van der Waals surface area contributed by atoms with E-state index in [2.05, 4.69) is 24.0 Å². The standard InChI is InChI=1S/C16H26N2O2.ClH/c1-12(17)16-6-4-5-7-18(16)11-13-8-14(19-2)10-15(9-13)20-3;/h8-10,12,16H,4-7,11,17H2,1-3H3;1H. The molecule has 2 N–H and O–H groups in total. The summed E-state index contributed by atoms with van der Waals surface area (Å²) in [6, 6.07) is 6.75. The average Bonchev–Trinajstić information content (AvgIpc) is 2.47. The maximum atomic E-state index is 6.13. The molecule has 1 aliphatic heterocycles. The quantitative estimate of drug-likeness (QED) is 0.908. The third-order valence-electron chi connectivity index (χ3n) is 4.07. The minimum Gasteiger partial charge on any atom is -0.497 e. The third-order valence-corrected chi connectivity index (χ3v) is 4.07. The van der Waals surface area contributed by atoms with Gasteiger partial charge >= 0.3 is 0 Å². The van der Waals surface area contributed by atoms with Gasteiger partial charge in [-0.05, 0) is 44.0 Å². The molecule has 2 atom stereocenters. The lowest BCUT2D eigenvalue weighted by molar-refractivity contribution is 0.123. The van der Waals surface area contributed by atoms with E-state index >= 15 is 0 Å². The number of benzene rings is 1. The first-order valence-corrected chi connectivity index (χ1v) is 7.35. The van der Waals surface area contributed by atoms with Crippen LogP contribution in [-0.2, 0) is 6.54 Å². The second kappa shape index (κ2) is 8.47. The fourth-order valence-electron chi connectivity index (χ4n) is 3.00. The second-order valence-electron chi connectivity index (χ2n) is 5.61. The van der Waals surface area contributed by atoms with Gasteiger partial charge in [0.05, 0.1) is 14.2 Å². The summed E-state index contributed by atoms with van der Waals surface area (Å²) in [5, 5.41) is 0. The van der Waals surface area contributed by atoms with Crippen LogP contribution < -0.4 is 15.2 Å². The molecule has 0 aliphatic carbocycles. The van der Waals surface area contributed by atoms with Crippen LogP contribution in [-0.4, -0.2) is 37.7 Å². The number of rotatable bonds is 5. The fraction of sp³-hybridized carbons (Fsp3) is 0.625. The number of halogens is 1. The van der Waals surface area contributed by atoms with E-state index < -0.39 is 0 Å². The number of piperidine rings is 1. The number of likely N-dealkylation sites (tertiary alicyclic amines) is 1. The van der Waals surface area contributed by atoms with Crippen molar-refractivity contribution in [1.82, 2.24) is 4.90 Å². The van der Waals surface area contributed by atoms with E-state index in [4.69, 9.17) is 15.2 Å². The molecule has 1 heterocycles. The summed E-state index contributed by atoms with van der Waals surface area (Å²) in [7, 11) is 3.37. The van der Waals surface area contributed by atoms with Crippen molar-refractivity contribution < 1.29 is 9.47 Å². The van der Waals surface area contributed by atoms with Gasteiger partial charge in [-0.3, -0.25) is 4.90 Å². The molecule has 1 aromatic rings. The van der Waals surface area contributed by atoms with Crippen LogP contribution in [0.1, 0.15) is 31.7 Å². The van der Waals surface area contributed by atoms with Crippen molar-refractivity contribution in [1.29, 1.82) is 0 Å². The van der Waals surface area contributed by atoms with Crippen molar-refractivity contribution in [3.8, 4) is 11.5 Å². The van der Waals surface area contributed by atoms with E-state index in [0.29, 0.717) is 6.04 Å². The van der Waals surface area contributed by atoms with Gasteiger partial charge in [-0.15, -0.1) is 12.4 Å². The Morgan fingerprint density at radius 3 is 2.33 bits per heavy atom. The van der Waals surface area contributed by atoms with Crippen LogP contribution in [0.15, 0.2) is 18.2 Å². The summed E-state index contributed by atoms with van der Waals surface area (Å²) in [6.07, 6.45) is 3.73. The molecule has 4 nitrogen and oxygen atoms in total. The molecule has 0 aromatic heterocycles. The van der Waals surface area contributed by atoms with Crippen molar-refractivity contribution >= 4 is 12.4 Å². The number of ether oxygens (including phenoxy) is 2. The minimum atomic E-state index is 0. The Morgan fingerprint density at radius 1 is 1.19 bits per heavy atom. The predicted octanol–water partition coefficient (Wildman–Crippen LogP) is 2.83. The maximum absolute atomic E-state index is 6.13. The van der Waals surface area contributed by atoms with Crippen LogP contribution in [0.4, 0.5) is 0 Å². The predicted molar refractivity (Wildman–Crippen MR) is 88.5 cm³/mol. The van der Waals surface area contributed by atoms with Gasteiger partial charge in [0.2, 0.25) is 0 Å². The van der Waals surface area contributed by atoms with E-state index in [1.165, 1.54) is 24.8 Å². The molecule has 1 aromatic carbocycles. The maximum Gasteiger partial charge on any atom is 0.122 e. The highest BCUT2D eigenvalue weighted by atomic mass is 35.5. The van der Waals surface area contributed by atoms with Crippen molar-refractivity contribution in [2.75, 3.05) is 20.8 Å². The molecule has 1 saturated heterocycles. The van der Waals surface area contributed by atoms with E-state index in [1.54, 1.807) is 14.2 Å². The molecule has 120 valence electrons. The number of nitrogens with two attached hydrogens (primary N) is 1. The van der Waals surface area contributed by atoms with E-state index in [-0.39, 0.29) is 18.4 Å². The van der Waals surface area contributed by atoms with Crippen LogP contribution in [0.25, 0.3) is 0 Å². The van der Waals surface area contributed by atoms with E-state index in [0.717, 1.165) is 24.6 Å². The van der Waals surface area contributed by atoms with Gasteiger partial charge in [-0.1, -0.05) is 6.42 Å². The Hall–Kier alpha value is -0.970. The van der Waals surface area contributed by atoms with Crippen LogP contribution in [0, 0.1) is 0 Å². The molecule has 1 fully saturated rings. The number of hydrogen-bond donors (Lipinski definition) is 1. The molecule has 0 radical (unpaired) electrons. The zero-order chi connectivity index (χ0) is 14.5. The molecule has 2 unspecified atom stereocenters. The molecule has 0 amide bonds. The van der Waals surface area contributed by atoms with Gasteiger partial charge in [0.25, 0.3) is 0 Å². The smallest absolute Gasteiger partial charge is 0.122 e. The molecule has 0 saturated carbocycles. The summed E-state index contributed by atoms with van der Waals surface area (Å²) in [6.45, 7) is 4.13. The average molecular weight is 315 g/mol. The molecule has 21 heavy (non-hydrogen) atoms. The summed E-state index contributed by atoms with van der Waals surface area (Å²) < 4.78 is 10.7. The molecular formula is C16H27ClN2O2. The summed E-state index contributed by atoms with van der Waals surface area (Å²) >= 11 is 0. The topological polar surface area (TPSA) is 47.7 Å². The molecule has 1 aliphatic rings. The van der Waals surface area contributed by atoms with Crippen molar-refractivity contribution in [3.05, 3.63) is 23.8 Å².